The van der Waals surface area contributed by atoms with Crippen LogP contribution in [0.1, 0.15) is 31.9 Å². The van der Waals surface area contributed by atoms with E-state index < -0.39 is 23.7 Å². The fraction of sp³-hybridized carbons (Fsp3) is 0.500. The summed E-state index contributed by atoms with van der Waals surface area (Å²) in [5.74, 6) is -1.15. The molecule has 23 heavy (non-hydrogen) atoms. The molecular weight excluding hydrogens is 322 g/mol. The van der Waals surface area contributed by atoms with Crippen molar-refractivity contribution in [2.45, 2.75) is 45.4 Å². The summed E-state index contributed by atoms with van der Waals surface area (Å²) in [6, 6.07) is 4.02. The number of hydrogen-bond donors (Lipinski definition) is 2. The number of rotatable bonds is 6. The number of benzene rings is 1. The first kappa shape index (κ1) is 19.3. The van der Waals surface area contributed by atoms with Crippen molar-refractivity contribution in [1.29, 1.82) is 0 Å². The van der Waals surface area contributed by atoms with Gasteiger partial charge in [-0.3, -0.25) is 0 Å². The Morgan fingerprint density at radius 1 is 1.30 bits per heavy atom. The highest BCUT2D eigenvalue weighted by Crippen LogP contribution is 2.19. The number of carbonyl (C=O) groups excluding carboxylic acids is 1. The van der Waals surface area contributed by atoms with Gasteiger partial charge in [-0.1, -0.05) is 17.7 Å². The standard InChI is InChI=1S/C16H22ClNO5/c1-16(2,3)23-15(21)18-13(14(19)20)8-11-7-12(17)6-5-10(11)9-22-4/h5-7,13H,8-9H2,1-4H3,(H,18,21)(H,19,20)/t13-/m0/s1. The SMILES string of the molecule is COCc1ccc(Cl)cc1C[C@H](NC(=O)OC(C)(C)C)C(=O)O. The van der Waals surface area contributed by atoms with E-state index in [0.29, 0.717) is 17.2 Å². The topological polar surface area (TPSA) is 84.9 Å². The third-order valence-corrected chi connectivity index (χ3v) is 3.12. The predicted octanol–water partition coefficient (Wildman–Crippen LogP) is 3.01. The summed E-state index contributed by atoms with van der Waals surface area (Å²) in [5.41, 5.74) is 0.807. The van der Waals surface area contributed by atoms with Crippen LogP contribution in [-0.4, -0.2) is 35.9 Å². The number of aliphatic carboxylic acids is 1. The largest absolute Gasteiger partial charge is 0.480 e. The molecule has 1 aromatic carbocycles. The first-order chi connectivity index (χ1) is 10.6. The fourth-order valence-electron chi connectivity index (χ4n) is 1.95. The summed E-state index contributed by atoms with van der Waals surface area (Å²) in [7, 11) is 1.55. The highest BCUT2D eigenvalue weighted by molar-refractivity contribution is 6.30. The van der Waals surface area contributed by atoms with Crippen molar-refractivity contribution in [3.63, 3.8) is 0 Å². The quantitative estimate of drug-likeness (QED) is 0.829. The third-order valence-electron chi connectivity index (χ3n) is 2.88. The molecule has 0 radical (unpaired) electrons. The average Bonchev–Trinajstić information content (AvgIpc) is 2.39. The molecule has 1 amide bonds. The molecule has 1 atom stereocenters. The number of carbonyl (C=O) groups is 2. The Hall–Kier alpha value is -1.79. The lowest BCUT2D eigenvalue weighted by molar-refractivity contribution is -0.139. The van der Waals surface area contributed by atoms with E-state index in [0.717, 1.165) is 5.56 Å². The van der Waals surface area contributed by atoms with Crippen molar-refractivity contribution in [1.82, 2.24) is 5.32 Å². The molecule has 2 N–H and O–H groups in total. The summed E-state index contributed by atoms with van der Waals surface area (Å²) < 4.78 is 10.2. The number of halogens is 1. The van der Waals surface area contributed by atoms with Gasteiger partial charge in [-0.15, -0.1) is 0 Å². The molecule has 0 aliphatic rings. The number of hydrogen-bond acceptors (Lipinski definition) is 4. The maximum absolute atomic E-state index is 11.8. The van der Waals surface area contributed by atoms with Crippen LogP contribution in [-0.2, 0) is 27.3 Å². The number of ether oxygens (including phenoxy) is 2. The van der Waals surface area contributed by atoms with E-state index in [9.17, 15) is 14.7 Å². The zero-order chi connectivity index (χ0) is 17.6. The Morgan fingerprint density at radius 2 is 1.96 bits per heavy atom. The molecule has 7 heteroatoms. The maximum Gasteiger partial charge on any atom is 0.408 e. The maximum atomic E-state index is 11.8. The third kappa shape index (κ3) is 6.88. The molecule has 0 bridgehead atoms. The Bertz CT molecular complexity index is 568. The van der Waals surface area contributed by atoms with Gasteiger partial charge in [0.05, 0.1) is 6.61 Å². The first-order valence-electron chi connectivity index (χ1n) is 7.11. The Morgan fingerprint density at radius 3 is 2.48 bits per heavy atom. The van der Waals surface area contributed by atoms with Gasteiger partial charge in [-0.25, -0.2) is 9.59 Å². The molecule has 0 fully saturated rings. The molecule has 6 nitrogen and oxygen atoms in total. The van der Waals surface area contributed by atoms with Crippen molar-refractivity contribution >= 4 is 23.7 Å². The van der Waals surface area contributed by atoms with Gasteiger partial charge < -0.3 is 19.9 Å². The minimum Gasteiger partial charge on any atom is -0.480 e. The molecule has 0 saturated heterocycles. The monoisotopic (exact) mass is 343 g/mol. The second kappa shape index (κ2) is 8.17. The summed E-state index contributed by atoms with van der Waals surface area (Å²) >= 11 is 5.97. The Kier molecular flexibility index (Phi) is 6.84. The van der Waals surface area contributed by atoms with Gasteiger partial charge >= 0.3 is 12.1 Å². The summed E-state index contributed by atoms with van der Waals surface area (Å²) in [6.45, 7) is 5.44. The molecule has 0 unspecified atom stereocenters. The zero-order valence-corrected chi connectivity index (χ0v) is 14.4. The lowest BCUT2D eigenvalue weighted by Crippen LogP contribution is -2.44. The van der Waals surface area contributed by atoms with Crippen LogP contribution < -0.4 is 5.32 Å². The minimum absolute atomic E-state index is 0.0772. The van der Waals surface area contributed by atoms with Crippen LogP contribution in [0.4, 0.5) is 4.79 Å². The van der Waals surface area contributed by atoms with Gasteiger partial charge in [0, 0.05) is 18.6 Å². The second-order valence-electron chi connectivity index (χ2n) is 6.09. The number of nitrogens with one attached hydrogen (secondary N) is 1. The lowest BCUT2D eigenvalue weighted by atomic mass is 10.0. The minimum atomic E-state index is -1.15. The summed E-state index contributed by atoms with van der Waals surface area (Å²) in [4.78, 5) is 23.2. The van der Waals surface area contributed by atoms with E-state index in [-0.39, 0.29) is 6.42 Å². The first-order valence-corrected chi connectivity index (χ1v) is 7.48. The van der Waals surface area contributed by atoms with Crippen molar-refractivity contribution in [2.24, 2.45) is 0 Å². The van der Waals surface area contributed by atoms with E-state index >= 15 is 0 Å². The molecule has 1 rings (SSSR count). The van der Waals surface area contributed by atoms with Crippen LogP contribution in [0.5, 0.6) is 0 Å². The van der Waals surface area contributed by atoms with Crippen LogP contribution in [0.15, 0.2) is 18.2 Å². The molecule has 0 aliphatic carbocycles. The molecule has 0 aliphatic heterocycles. The van der Waals surface area contributed by atoms with Crippen molar-refractivity contribution in [3.8, 4) is 0 Å². The van der Waals surface area contributed by atoms with Gasteiger partial charge in [-0.2, -0.15) is 0 Å². The molecule has 0 spiro atoms. The smallest absolute Gasteiger partial charge is 0.408 e. The van der Waals surface area contributed by atoms with E-state index in [4.69, 9.17) is 21.1 Å². The summed E-state index contributed by atoms with van der Waals surface area (Å²) in [6.07, 6.45) is -0.700. The predicted molar refractivity (Wildman–Crippen MR) is 86.7 cm³/mol. The number of amides is 1. The molecule has 0 aromatic heterocycles. The Balaban J connectivity index is 2.90. The Labute approximate surface area is 140 Å². The van der Waals surface area contributed by atoms with Gasteiger partial charge in [0.1, 0.15) is 11.6 Å². The van der Waals surface area contributed by atoms with Crippen LogP contribution in [0.3, 0.4) is 0 Å². The fourth-order valence-corrected chi connectivity index (χ4v) is 2.15. The highest BCUT2D eigenvalue weighted by Gasteiger charge is 2.25. The zero-order valence-electron chi connectivity index (χ0n) is 13.7. The van der Waals surface area contributed by atoms with E-state index in [1.807, 2.05) is 0 Å². The lowest BCUT2D eigenvalue weighted by Gasteiger charge is -2.22. The van der Waals surface area contributed by atoms with E-state index in [1.54, 1.807) is 46.1 Å². The van der Waals surface area contributed by atoms with Gasteiger partial charge in [0.2, 0.25) is 0 Å². The van der Waals surface area contributed by atoms with Crippen LogP contribution in [0, 0.1) is 0 Å². The second-order valence-corrected chi connectivity index (χ2v) is 6.52. The van der Waals surface area contributed by atoms with Crippen molar-refractivity contribution in [2.75, 3.05) is 7.11 Å². The van der Waals surface area contributed by atoms with Gasteiger partial charge in [0.15, 0.2) is 0 Å². The number of methoxy groups -OCH3 is 1. The summed E-state index contributed by atoms with van der Waals surface area (Å²) in [5, 5.41) is 12.2. The normalized spacial score (nSPS) is 12.6. The van der Waals surface area contributed by atoms with Gasteiger partial charge in [-0.05, 0) is 44.0 Å². The van der Waals surface area contributed by atoms with Gasteiger partial charge in [0.25, 0.3) is 0 Å². The molecule has 0 heterocycles. The molecule has 0 saturated carbocycles. The molecule has 128 valence electrons. The molecule has 1 aromatic rings. The highest BCUT2D eigenvalue weighted by atomic mass is 35.5. The van der Waals surface area contributed by atoms with Crippen LogP contribution >= 0.6 is 11.6 Å². The number of alkyl carbamates (subject to hydrolysis) is 1. The van der Waals surface area contributed by atoms with E-state index in [2.05, 4.69) is 5.32 Å². The number of carboxylic acid groups (broad SMARTS) is 1. The molecular formula is C16H22ClNO5. The van der Waals surface area contributed by atoms with Crippen molar-refractivity contribution < 1.29 is 24.2 Å². The van der Waals surface area contributed by atoms with Crippen LogP contribution in [0.2, 0.25) is 5.02 Å². The van der Waals surface area contributed by atoms with E-state index in [1.165, 1.54) is 0 Å². The van der Waals surface area contributed by atoms with Crippen LogP contribution in [0.25, 0.3) is 0 Å². The number of carboxylic acids is 1. The average molecular weight is 344 g/mol. The van der Waals surface area contributed by atoms with Crippen molar-refractivity contribution in [3.05, 3.63) is 34.3 Å².